The van der Waals surface area contributed by atoms with Crippen molar-refractivity contribution in [3.05, 3.63) is 59.7 Å². The van der Waals surface area contributed by atoms with Crippen molar-refractivity contribution < 1.29 is 22.8 Å². The molecule has 2 aromatic carbocycles. The monoisotopic (exact) mass is 401 g/mol. The smallest absolute Gasteiger partial charge is 0.261 e. The molecular weight excluding hydrogens is 382 g/mol. The fraction of sp³-hybridized carbons (Fsp3) is 0.211. The topological polar surface area (TPSA) is 104 Å². The van der Waals surface area contributed by atoms with Crippen LogP contribution in [0, 0.1) is 0 Å². The Labute approximate surface area is 162 Å². The fourth-order valence-electron chi connectivity index (χ4n) is 2.80. The third-order valence-electron chi connectivity index (χ3n) is 4.36. The summed E-state index contributed by atoms with van der Waals surface area (Å²) in [5.41, 5.74) is 1.10. The van der Waals surface area contributed by atoms with Gasteiger partial charge in [0.15, 0.2) is 0 Å². The molecule has 1 N–H and O–H groups in total. The maximum Gasteiger partial charge on any atom is 0.261 e. The van der Waals surface area contributed by atoms with Gasteiger partial charge in [0, 0.05) is 32.7 Å². The molecule has 2 aromatic rings. The molecule has 0 aromatic heterocycles. The van der Waals surface area contributed by atoms with Crippen molar-refractivity contribution in [2.24, 2.45) is 0 Å². The van der Waals surface area contributed by atoms with Crippen LogP contribution >= 0.6 is 0 Å². The van der Waals surface area contributed by atoms with Crippen LogP contribution < -0.4 is 5.32 Å². The minimum absolute atomic E-state index is 0.0364. The number of hydrogen-bond acceptors (Lipinski definition) is 5. The molecule has 0 spiro atoms. The first-order valence-corrected chi connectivity index (χ1v) is 9.93. The number of carbonyl (C=O) groups is 3. The molecule has 28 heavy (non-hydrogen) atoms. The minimum Gasteiger partial charge on any atom is -0.326 e. The normalized spacial score (nSPS) is 13.8. The minimum atomic E-state index is -3.54. The number of benzene rings is 2. The van der Waals surface area contributed by atoms with Crippen molar-refractivity contribution in [3.63, 3.8) is 0 Å². The molecule has 1 aliphatic heterocycles. The number of amides is 3. The molecule has 0 fully saturated rings. The maximum atomic E-state index is 12.3. The van der Waals surface area contributed by atoms with E-state index in [-0.39, 0.29) is 23.8 Å². The van der Waals surface area contributed by atoms with Crippen LogP contribution in [0.4, 0.5) is 5.69 Å². The Hall–Kier alpha value is -3.04. The Kier molecular flexibility index (Phi) is 5.30. The third kappa shape index (κ3) is 3.67. The number of anilines is 1. The first-order chi connectivity index (χ1) is 13.2. The van der Waals surface area contributed by atoms with Gasteiger partial charge in [-0.15, -0.1) is 0 Å². The zero-order valence-corrected chi connectivity index (χ0v) is 16.2. The number of sulfonamides is 1. The van der Waals surface area contributed by atoms with Crippen molar-refractivity contribution >= 4 is 33.4 Å². The summed E-state index contributed by atoms with van der Waals surface area (Å²) >= 11 is 0. The standard InChI is InChI=1S/C19H19N3O5S/c1-21(2)28(26,27)14-9-7-13(8-10-14)20-17(23)11-12-22-18(24)15-5-3-4-6-16(15)19(22)25/h3-10H,11-12H2,1-2H3,(H,20,23). The van der Waals surface area contributed by atoms with Gasteiger partial charge in [-0.3, -0.25) is 19.3 Å². The van der Waals surface area contributed by atoms with E-state index in [0.29, 0.717) is 16.8 Å². The summed E-state index contributed by atoms with van der Waals surface area (Å²) in [4.78, 5) is 37.9. The molecule has 0 aliphatic carbocycles. The number of fused-ring (bicyclic) bond motifs is 1. The molecule has 0 bridgehead atoms. The summed E-state index contributed by atoms with van der Waals surface area (Å²) in [6.45, 7) is -0.0364. The highest BCUT2D eigenvalue weighted by Gasteiger charge is 2.34. The van der Waals surface area contributed by atoms with Gasteiger partial charge in [0.25, 0.3) is 11.8 Å². The number of imide groups is 1. The summed E-state index contributed by atoms with van der Waals surface area (Å²) in [7, 11) is -0.673. The highest BCUT2D eigenvalue weighted by molar-refractivity contribution is 7.89. The second-order valence-electron chi connectivity index (χ2n) is 6.42. The van der Waals surface area contributed by atoms with Crippen molar-refractivity contribution in [1.29, 1.82) is 0 Å². The van der Waals surface area contributed by atoms with Gasteiger partial charge in [-0.2, -0.15) is 0 Å². The molecule has 1 aliphatic rings. The molecule has 0 saturated heterocycles. The van der Waals surface area contributed by atoms with Gasteiger partial charge >= 0.3 is 0 Å². The predicted octanol–water partition coefficient (Wildman–Crippen LogP) is 1.56. The zero-order chi connectivity index (χ0) is 20.5. The summed E-state index contributed by atoms with van der Waals surface area (Å²) in [6, 6.07) is 12.3. The third-order valence-corrected chi connectivity index (χ3v) is 6.19. The maximum absolute atomic E-state index is 12.3. The summed E-state index contributed by atoms with van der Waals surface area (Å²) in [6.07, 6.45) is -0.0663. The van der Waals surface area contributed by atoms with Gasteiger partial charge in [-0.1, -0.05) is 12.1 Å². The number of rotatable bonds is 6. The number of hydrogen-bond donors (Lipinski definition) is 1. The van der Waals surface area contributed by atoms with E-state index in [1.807, 2.05) is 0 Å². The van der Waals surface area contributed by atoms with E-state index in [1.165, 1.54) is 38.4 Å². The summed E-state index contributed by atoms with van der Waals surface area (Å²) in [5.74, 6) is -1.21. The Bertz CT molecular complexity index is 1010. The van der Waals surface area contributed by atoms with Gasteiger partial charge in [0.2, 0.25) is 15.9 Å². The van der Waals surface area contributed by atoms with Crippen LogP contribution in [0.5, 0.6) is 0 Å². The molecule has 0 unspecified atom stereocenters. The molecule has 3 rings (SSSR count). The van der Waals surface area contributed by atoms with E-state index in [0.717, 1.165) is 9.21 Å². The molecule has 9 heteroatoms. The highest BCUT2D eigenvalue weighted by Crippen LogP contribution is 2.22. The Morgan fingerprint density at radius 1 is 0.964 bits per heavy atom. The average Bonchev–Trinajstić information content (AvgIpc) is 2.91. The quantitative estimate of drug-likeness (QED) is 0.740. The fourth-order valence-corrected chi connectivity index (χ4v) is 3.70. The lowest BCUT2D eigenvalue weighted by Crippen LogP contribution is -2.32. The number of nitrogens with one attached hydrogen (secondary N) is 1. The SMILES string of the molecule is CN(C)S(=O)(=O)c1ccc(NC(=O)CCN2C(=O)c3ccccc3C2=O)cc1. The zero-order valence-electron chi connectivity index (χ0n) is 15.4. The van der Waals surface area contributed by atoms with Gasteiger partial charge < -0.3 is 5.32 Å². The van der Waals surface area contributed by atoms with Gasteiger partial charge in [0.1, 0.15) is 0 Å². The molecule has 0 atom stereocenters. The second kappa shape index (κ2) is 7.53. The summed E-state index contributed by atoms with van der Waals surface area (Å²) < 4.78 is 25.2. The summed E-state index contributed by atoms with van der Waals surface area (Å²) in [5, 5.41) is 2.63. The molecule has 0 radical (unpaired) electrons. The number of nitrogens with zero attached hydrogens (tertiary/aromatic N) is 2. The Morgan fingerprint density at radius 2 is 1.50 bits per heavy atom. The van der Waals surface area contributed by atoms with Crippen LogP contribution in [0.3, 0.4) is 0 Å². The second-order valence-corrected chi connectivity index (χ2v) is 8.57. The molecular formula is C19H19N3O5S. The van der Waals surface area contributed by atoms with E-state index in [2.05, 4.69) is 5.32 Å². The van der Waals surface area contributed by atoms with Crippen molar-refractivity contribution in [2.75, 3.05) is 26.0 Å². The van der Waals surface area contributed by atoms with Crippen LogP contribution in [-0.2, 0) is 14.8 Å². The van der Waals surface area contributed by atoms with E-state index in [1.54, 1.807) is 24.3 Å². The lowest BCUT2D eigenvalue weighted by atomic mass is 10.1. The van der Waals surface area contributed by atoms with Crippen LogP contribution in [-0.4, -0.2) is 56.0 Å². The van der Waals surface area contributed by atoms with Crippen molar-refractivity contribution in [3.8, 4) is 0 Å². The largest absolute Gasteiger partial charge is 0.326 e. The van der Waals surface area contributed by atoms with E-state index in [9.17, 15) is 22.8 Å². The Balaban J connectivity index is 1.60. The van der Waals surface area contributed by atoms with Gasteiger partial charge in [-0.25, -0.2) is 12.7 Å². The van der Waals surface area contributed by atoms with Crippen molar-refractivity contribution in [1.82, 2.24) is 9.21 Å². The molecule has 8 nitrogen and oxygen atoms in total. The van der Waals surface area contributed by atoms with E-state index >= 15 is 0 Å². The first kappa shape index (κ1) is 19.7. The van der Waals surface area contributed by atoms with E-state index in [4.69, 9.17) is 0 Å². The molecule has 0 saturated carbocycles. The average molecular weight is 401 g/mol. The predicted molar refractivity (Wildman–Crippen MR) is 102 cm³/mol. The van der Waals surface area contributed by atoms with Crippen molar-refractivity contribution in [2.45, 2.75) is 11.3 Å². The number of carbonyl (C=O) groups excluding carboxylic acids is 3. The lowest BCUT2D eigenvalue weighted by molar-refractivity contribution is -0.116. The highest BCUT2D eigenvalue weighted by atomic mass is 32.2. The Morgan fingerprint density at radius 3 is 2.00 bits per heavy atom. The molecule has 146 valence electrons. The first-order valence-electron chi connectivity index (χ1n) is 8.49. The van der Waals surface area contributed by atoms with Crippen LogP contribution in [0.1, 0.15) is 27.1 Å². The van der Waals surface area contributed by atoms with E-state index < -0.39 is 21.8 Å². The van der Waals surface area contributed by atoms with Crippen LogP contribution in [0.15, 0.2) is 53.4 Å². The van der Waals surface area contributed by atoms with Gasteiger partial charge in [0.05, 0.1) is 16.0 Å². The molecule has 3 amide bonds. The molecule has 1 heterocycles. The van der Waals surface area contributed by atoms with Crippen LogP contribution in [0.2, 0.25) is 0 Å². The van der Waals surface area contributed by atoms with Gasteiger partial charge in [-0.05, 0) is 36.4 Å². The van der Waals surface area contributed by atoms with Crippen LogP contribution in [0.25, 0.3) is 0 Å². The lowest BCUT2D eigenvalue weighted by Gasteiger charge is -2.14.